The van der Waals surface area contributed by atoms with Gasteiger partial charge in [-0.25, -0.2) is 4.79 Å². The molecule has 0 aromatic rings. The molecule has 0 radical (unpaired) electrons. The Labute approximate surface area is 86.2 Å². The van der Waals surface area contributed by atoms with Crippen LogP contribution in [0.4, 0.5) is 4.79 Å². The summed E-state index contributed by atoms with van der Waals surface area (Å²) in [7, 11) is 0. The second-order valence-corrected chi connectivity index (χ2v) is 3.55. The number of carbonyl (C=O) groups excluding carboxylic acids is 2. The van der Waals surface area contributed by atoms with Gasteiger partial charge < -0.3 is 15.7 Å². The molecular formula is C8H13N3O4. The van der Waals surface area contributed by atoms with Gasteiger partial charge in [-0.1, -0.05) is 6.92 Å². The summed E-state index contributed by atoms with van der Waals surface area (Å²) >= 11 is 0. The number of carbonyl (C=O) groups is 3. The van der Waals surface area contributed by atoms with Gasteiger partial charge in [0, 0.05) is 13.1 Å². The minimum Gasteiger partial charge on any atom is -0.480 e. The van der Waals surface area contributed by atoms with Gasteiger partial charge in [0.2, 0.25) is 5.91 Å². The van der Waals surface area contributed by atoms with Crippen molar-refractivity contribution in [2.24, 2.45) is 11.7 Å². The van der Waals surface area contributed by atoms with Crippen LogP contribution < -0.4 is 11.1 Å². The third-order valence-electron chi connectivity index (χ3n) is 2.19. The van der Waals surface area contributed by atoms with Crippen LogP contribution in [-0.4, -0.2) is 47.0 Å². The van der Waals surface area contributed by atoms with Gasteiger partial charge in [-0.15, -0.1) is 0 Å². The third-order valence-corrected chi connectivity index (χ3v) is 2.19. The first-order valence-corrected chi connectivity index (χ1v) is 4.50. The number of aliphatic carboxylic acids is 1. The Morgan fingerprint density at radius 2 is 2.33 bits per heavy atom. The number of hydrogen-bond donors (Lipinski definition) is 3. The van der Waals surface area contributed by atoms with Crippen molar-refractivity contribution in [1.29, 1.82) is 0 Å². The molecule has 1 fully saturated rings. The number of nitrogens with zero attached hydrogens (tertiary/aromatic N) is 1. The quantitative estimate of drug-likeness (QED) is 0.535. The largest absolute Gasteiger partial charge is 0.480 e. The fourth-order valence-electron chi connectivity index (χ4n) is 1.28. The Morgan fingerprint density at radius 3 is 2.87 bits per heavy atom. The van der Waals surface area contributed by atoms with Gasteiger partial charge in [-0.3, -0.25) is 14.9 Å². The molecule has 3 amide bonds. The second-order valence-electron chi connectivity index (χ2n) is 3.55. The summed E-state index contributed by atoms with van der Waals surface area (Å²) in [6, 6.07) is -1.72. The number of imide groups is 1. The molecule has 0 bridgehead atoms. The van der Waals surface area contributed by atoms with Crippen molar-refractivity contribution >= 4 is 17.9 Å². The van der Waals surface area contributed by atoms with E-state index in [1.807, 2.05) is 0 Å². The molecular weight excluding hydrogens is 202 g/mol. The summed E-state index contributed by atoms with van der Waals surface area (Å²) < 4.78 is 0. The number of urea groups is 1. The van der Waals surface area contributed by atoms with Crippen LogP contribution in [0.2, 0.25) is 0 Å². The van der Waals surface area contributed by atoms with Crippen LogP contribution in [0, 0.1) is 5.92 Å². The molecule has 0 aliphatic carbocycles. The molecule has 84 valence electrons. The predicted molar refractivity (Wildman–Crippen MR) is 49.9 cm³/mol. The maximum Gasteiger partial charge on any atom is 0.324 e. The van der Waals surface area contributed by atoms with Crippen LogP contribution in [0.1, 0.15) is 6.92 Å². The molecule has 7 heteroatoms. The molecule has 2 atom stereocenters. The lowest BCUT2D eigenvalue weighted by Crippen LogP contribution is -2.57. The number of nitrogens with two attached hydrogens (primary N) is 1. The van der Waals surface area contributed by atoms with E-state index >= 15 is 0 Å². The van der Waals surface area contributed by atoms with E-state index in [4.69, 9.17) is 10.8 Å². The Hall–Kier alpha value is -1.63. The van der Waals surface area contributed by atoms with E-state index in [1.165, 1.54) is 4.90 Å². The standard InChI is InChI=1S/C8H13N3O4/c1-4-2-11(3-5(9)7(13)14)8(15)10-6(4)12/h4-5H,2-3,9H2,1H3,(H,13,14)(H,10,12,15)/t4?,5-/m0/s1. The Bertz CT molecular complexity index is 304. The van der Waals surface area contributed by atoms with Crippen LogP contribution in [0.25, 0.3) is 0 Å². The molecule has 1 heterocycles. The average Bonchev–Trinajstić information content (AvgIpc) is 2.13. The first-order valence-electron chi connectivity index (χ1n) is 4.50. The fraction of sp³-hybridized carbons (Fsp3) is 0.625. The Morgan fingerprint density at radius 1 is 1.73 bits per heavy atom. The molecule has 0 saturated carbocycles. The highest BCUT2D eigenvalue weighted by molar-refractivity contribution is 5.98. The number of amides is 3. The zero-order valence-corrected chi connectivity index (χ0v) is 8.27. The van der Waals surface area contributed by atoms with E-state index in [2.05, 4.69) is 5.32 Å². The zero-order valence-electron chi connectivity index (χ0n) is 8.27. The molecule has 1 aliphatic rings. The van der Waals surface area contributed by atoms with Crippen LogP contribution in [0.5, 0.6) is 0 Å². The first-order chi connectivity index (χ1) is 6.91. The van der Waals surface area contributed by atoms with E-state index in [0.29, 0.717) is 0 Å². The Kier molecular flexibility index (Phi) is 3.25. The van der Waals surface area contributed by atoms with Crippen molar-refractivity contribution in [3.05, 3.63) is 0 Å². The lowest BCUT2D eigenvalue weighted by molar-refractivity contribution is -0.138. The van der Waals surface area contributed by atoms with Crippen molar-refractivity contribution in [2.75, 3.05) is 13.1 Å². The highest BCUT2D eigenvalue weighted by Gasteiger charge is 2.30. The van der Waals surface area contributed by atoms with E-state index in [-0.39, 0.29) is 24.9 Å². The second kappa shape index (κ2) is 4.26. The number of carboxylic acids is 1. The van der Waals surface area contributed by atoms with E-state index in [9.17, 15) is 14.4 Å². The normalized spacial score (nSPS) is 23.6. The van der Waals surface area contributed by atoms with Crippen molar-refractivity contribution < 1.29 is 19.5 Å². The molecule has 1 rings (SSSR count). The minimum absolute atomic E-state index is 0.0984. The van der Waals surface area contributed by atoms with Crippen LogP contribution in [0.15, 0.2) is 0 Å². The van der Waals surface area contributed by atoms with Crippen molar-refractivity contribution in [1.82, 2.24) is 10.2 Å². The predicted octanol–water partition coefficient (Wildman–Crippen LogP) is -1.41. The summed E-state index contributed by atoms with van der Waals surface area (Å²) in [6.45, 7) is 1.76. The number of nitrogens with one attached hydrogen (secondary N) is 1. The summed E-state index contributed by atoms with van der Waals surface area (Å²) in [5.41, 5.74) is 5.28. The van der Waals surface area contributed by atoms with E-state index < -0.39 is 18.0 Å². The van der Waals surface area contributed by atoms with Crippen molar-refractivity contribution in [3.63, 3.8) is 0 Å². The van der Waals surface area contributed by atoms with Gasteiger partial charge in [-0.05, 0) is 0 Å². The number of carboxylic acid groups (broad SMARTS) is 1. The molecule has 4 N–H and O–H groups in total. The van der Waals surface area contributed by atoms with Crippen LogP contribution in [-0.2, 0) is 9.59 Å². The van der Waals surface area contributed by atoms with Gasteiger partial charge in [0.1, 0.15) is 6.04 Å². The van der Waals surface area contributed by atoms with Gasteiger partial charge in [0.15, 0.2) is 0 Å². The molecule has 1 saturated heterocycles. The van der Waals surface area contributed by atoms with Crippen LogP contribution >= 0.6 is 0 Å². The average molecular weight is 215 g/mol. The highest BCUT2D eigenvalue weighted by atomic mass is 16.4. The van der Waals surface area contributed by atoms with Crippen molar-refractivity contribution in [2.45, 2.75) is 13.0 Å². The minimum atomic E-state index is -1.17. The maximum atomic E-state index is 11.3. The van der Waals surface area contributed by atoms with E-state index in [1.54, 1.807) is 6.92 Å². The van der Waals surface area contributed by atoms with Gasteiger partial charge >= 0.3 is 12.0 Å². The number of hydrogen-bond acceptors (Lipinski definition) is 4. The molecule has 1 aliphatic heterocycles. The topological polar surface area (TPSA) is 113 Å². The maximum absolute atomic E-state index is 11.3. The molecule has 1 unspecified atom stereocenters. The summed E-state index contributed by atoms with van der Waals surface area (Å²) in [5, 5.41) is 10.7. The van der Waals surface area contributed by atoms with E-state index in [0.717, 1.165) is 0 Å². The molecule has 0 spiro atoms. The smallest absolute Gasteiger partial charge is 0.324 e. The molecule has 7 nitrogen and oxygen atoms in total. The number of rotatable bonds is 3. The fourth-order valence-corrected chi connectivity index (χ4v) is 1.28. The summed E-state index contributed by atoms with van der Waals surface area (Å²) in [4.78, 5) is 34.0. The van der Waals surface area contributed by atoms with Gasteiger partial charge in [-0.2, -0.15) is 0 Å². The molecule has 0 aromatic carbocycles. The molecule has 15 heavy (non-hydrogen) atoms. The lowest BCUT2D eigenvalue weighted by atomic mass is 10.1. The SMILES string of the molecule is CC1CN(C[C@H](N)C(=O)O)C(=O)NC1=O. The van der Waals surface area contributed by atoms with Gasteiger partial charge in [0.05, 0.1) is 5.92 Å². The molecule has 0 aromatic heterocycles. The highest BCUT2D eigenvalue weighted by Crippen LogP contribution is 2.07. The third kappa shape index (κ3) is 2.66. The van der Waals surface area contributed by atoms with Crippen LogP contribution in [0.3, 0.4) is 0 Å². The Balaban J connectivity index is 2.59. The first kappa shape index (κ1) is 11.4. The zero-order chi connectivity index (χ0) is 11.6. The monoisotopic (exact) mass is 215 g/mol. The van der Waals surface area contributed by atoms with Gasteiger partial charge in [0.25, 0.3) is 0 Å². The van der Waals surface area contributed by atoms with Crippen molar-refractivity contribution in [3.8, 4) is 0 Å². The lowest BCUT2D eigenvalue weighted by Gasteiger charge is -2.31. The summed E-state index contributed by atoms with van der Waals surface area (Å²) in [6.07, 6.45) is 0. The summed E-state index contributed by atoms with van der Waals surface area (Å²) in [5.74, 6) is -1.86.